The third-order valence-corrected chi connectivity index (χ3v) is 5.94. The number of hydrogen-bond acceptors (Lipinski definition) is 4. The maximum atomic E-state index is 11.8. The van der Waals surface area contributed by atoms with E-state index in [1.165, 1.54) is 6.42 Å². The van der Waals surface area contributed by atoms with Crippen molar-refractivity contribution < 1.29 is 19.4 Å². The molecule has 0 aromatic carbocycles. The van der Waals surface area contributed by atoms with E-state index >= 15 is 0 Å². The van der Waals surface area contributed by atoms with Crippen LogP contribution < -0.4 is 11.1 Å². The number of amides is 1. The summed E-state index contributed by atoms with van der Waals surface area (Å²) in [6.07, 6.45) is 4.73. The Morgan fingerprint density at radius 1 is 1.32 bits per heavy atom. The maximum absolute atomic E-state index is 11.8. The highest BCUT2D eigenvalue weighted by molar-refractivity contribution is 7.38. The zero-order valence-corrected chi connectivity index (χ0v) is 14.6. The Hall–Kier alpha value is -0.420. The number of carbonyl (C=O) groups excluding carboxylic acids is 1. The van der Waals surface area contributed by atoms with Crippen molar-refractivity contribution in [3.05, 3.63) is 0 Å². The summed E-state index contributed by atoms with van der Waals surface area (Å²) >= 11 is 0. The summed E-state index contributed by atoms with van der Waals surface area (Å²) < 4.78 is 11.6. The van der Waals surface area contributed by atoms with E-state index in [4.69, 9.17) is 5.73 Å². The zero-order valence-electron chi connectivity index (χ0n) is 13.6. The molecule has 2 unspecified atom stereocenters. The second kappa shape index (κ2) is 9.66. The van der Waals surface area contributed by atoms with Gasteiger partial charge in [0.05, 0.1) is 12.1 Å². The molecule has 0 aliphatic heterocycles. The van der Waals surface area contributed by atoms with Crippen molar-refractivity contribution in [2.24, 2.45) is 17.6 Å². The average Bonchev–Trinajstić information content (AvgIpc) is 2.49. The topological polar surface area (TPSA) is 113 Å². The molecule has 0 spiro atoms. The van der Waals surface area contributed by atoms with Gasteiger partial charge in [-0.3, -0.25) is 9.36 Å². The smallest absolute Gasteiger partial charge is 0.237 e. The highest BCUT2D eigenvalue weighted by Crippen LogP contribution is 2.40. The van der Waals surface area contributed by atoms with Crippen LogP contribution in [0, 0.1) is 11.8 Å². The maximum Gasteiger partial charge on any atom is 0.237 e. The van der Waals surface area contributed by atoms with Gasteiger partial charge in [-0.25, -0.2) is 0 Å². The molecule has 22 heavy (non-hydrogen) atoms. The average molecular weight is 334 g/mol. The second-order valence-corrected chi connectivity index (χ2v) is 8.17. The Balaban J connectivity index is 2.45. The van der Waals surface area contributed by atoms with E-state index in [2.05, 4.69) is 5.32 Å². The Morgan fingerprint density at radius 3 is 2.41 bits per heavy atom. The third-order valence-electron chi connectivity index (χ3n) is 4.59. The van der Waals surface area contributed by atoms with E-state index in [-0.39, 0.29) is 36.4 Å². The molecule has 130 valence electrons. The molecule has 0 aromatic heterocycles. The Labute approximate surface area is 133 Å². The number of hydrogen-bond donors (Lipinski definition) is 4. The first-order chi connectivity index (χ1) is 10.3. The molecule has 0 bridgehead atoms. The molecule has 0 heterocycles. The molecule has 0 aromatic rings. The Morgan fingerprint density at radius 2 is 1.91 bits per heavy atom. The van der Waals surface area contributed by atoms with Crippen LogP contribution in [-0.4, -0.2) is 40.3 Å². The van der Waals surface area contributed by atoms with Gasteiger partial charge >= 0.3 is 0 Å². The van der Waals surface area contributed by atoms with Crippen LogP contribution in [0.5, 0.6) is 0 Å². The molecule has 5 N–H and O–H groups in total. The molecule has 1 aliphatic carbocycles. The summed E-state index contributed by atoms with van der Waals surface area (Å²) in [5.41, 5.74) is 5.38. The SMILES string of the molecule is CC(C)[C@H](N)C(=O)NC[C@H](O)CC(C1CCCCC1)[PH](=O)O. The van der Waals surface area contributed by atoms with Crippen molar-refractivity contribution in [2.75, 3.05) is 6.54 Å². The van der Waals surface area contributed by atoms with Crippen LogP contribution in [0.4, 0.5) is 0 Å². The summed E-state index contributed by atoms with van der Waals surface area (Å²) in [6.45, 7) is 3.80. The molecule has 0 saturated heterocycles. The summed E-state index contributed by atoms with van der Waals surface area (Å²) in [5, 5.41) is 12.7. The van der Waals surface area contributed by atoms with Gasteiger partial charge in [-0.2, -0.15) is 0 Å². The van der Waals surface area contributed by atoms with Gasteiger partial charge in [0, 0.05) is 12.2 Å². The van der Waals surface area contributed by atoms with Crippen LogP contribution in [0.1, 0.15) is 52.4 Å². The zero-order chi connectivity index (χ0) is 16.7. The molecule has 1 rings (SSSR count). The van der Waals surface area contributed by atoms with Crippen LogP contribution in [0.25, 0.3) is 0 Å². The van der Waals surface area contributed by atoms with E-state index in [1.54, 1.807) is 0 Å². The number of rotatable bonds is 8. The fraction of sp³-hybridized carbons (Fsp3) is 0.933. The van der Waals surface area contributed by atoms with Gasteiger partial charge in [0.1, 0.15) is 0 Å². The standard InChI is InChI=1S/C15H31N2O4P/c1-10(2)14(16)15(19)17-9-12(18)8-13(22(20)21)11-6-4-3-5-7-11/h10-14,18,22H,3-9,16H2,1-2H3,(H,17,19)(H,20,21)/t12-,13?,14+/m1/s1. The van der Waals surface area contributed by atoms with Crippen LogP contribution in [-0.2, 0) is 9.36 Å². The van der Waals surface area contributed by atoms with Gasteiger partial charge in [0.25, 0.3) is 0 Å². The van der Waals surface area contributed by atoms with Gasteiger partial charge < -0.3 is 21.1 Å². The molecule has 6 nitrogen and oxygen atoms in total. The molecule has 7 heteroatoms. The number of nitrogens with two attached hydrogens (primary N) is 1. The minimum Gasteiger partial charge on any atom is -0.391 e. The van der Waals surface area contributed by atoms with Crippen molar-refractivity contribution in [2.45, 2.75) is 70.2 Å². The van der Waals surface area contributed by atoms with Gasteiger partial charge in [-0.1, -0.05) is 33.1 Å². The molecule has 4 atom stereocenters. The highest BCUT2D eigenvalue weighted by atomic mass is 31.1. The molecule has 1 amide bonds. The third kappa shape index (κ3) is 6.37. The van der Waals surface area contributed by atoms with E-state index in [9.17, 15) is 19.4 Å². The molecule has 1 saturated carbocycles. The van der Waals surface area contributed by atoms with Crippen molar-refractivity contribution in [1.82, 2.24) is 5.32 Å². The number of carbonyl (C=O) groups is 1. The molecular formula is C15H31N2O4P. The highest BCUT2D eigenvalue weighted by Gasteiger charge is 2.29. The largest absolute Gasteiger partial charge is 0.391 e. The van der Waals surface area contributed by atoms with Gasteiger partial charge in [0.15, 0.2) is 8.03 Å². The number of aliphatic hydroxyl groups is 1. The minimum atomic E-state index is -2.68. The molecule has 1 aliphatic rings. The summed E-state index contributed by atoms with van der Waals surface area (Å²) in [4.78, 5) is 21.3. The minimum absolute atomic E-state index is 0.0287. The summed E-state index contributed by atoms with van der Waals surface area (Å²) in [5.74, 6) is -0.0469. The van der Waals surface area contributed by atoms with Crippen LogP contribution >= 0.6 is 8.03 Å². The van der Waals surface area contributed by atoms with Gasteiger partial charge in [-0.15, -0.1) is 0 Å². The van der Waals surface area contributed by atoms with E-state index < -0.39 is 20.2 Å². The first kappa shape index (κ1) is 19.6. The predicted octanol–water partition coefficient (Wildman–Crippen LogP) is 1.25. The monoisotopic (exact) mass is 334 g/mol. The summed E-state index contributed by atoms with van der Waals surface area (Å²) in [6, 6.07) is -0.599. The van der Waals surface area contributed by atoms with E-state index in [1.807, 2.05) is 13.8 Å². The second-order valence-electron chi connectivity index (χ2n) is 6.75. The lowest BCUT2D eigenvalue weighted by molar-refractivity contribution is -0.123. The Bertz CT molecular complexity index is 373. The van der Waals surface area contributed by atoms with Crippen molar-refractivity contribution in [3.8, 4) is 0 Å². The van der Waals surface area contributed by atoms with Crippen LogP contribution in [0.2, 0.25) is 0 Å². The Kier molecular flexibility index (Phi) is 8.62. The fourth-order valence-corrected chi connectivity index (χ4v) is 4.26. The summed E-state index contributed by atoms with van der Waals surface area (Å²) in [7, 11) is -2.68. The van der Waals surface area contributed by atoms with Crippen molar-refractivity contribution in [1.29, 1.82) is 0 Å². The van der Waals surface area contributed by atoms with Crippen LogP contribution in [0.3, 0.4) is 0 Å². The molecule has 1 fully saturated rings. The van der Waals surface area contributed by atoms with Crippen molar-refractivity contribution >= 4 is 13.9 Å². The first-order valence-electron chi connectivity index (χ1n) is 8.27. The normalized spacial score (nSPS) is 22.1. The number of nitrogens with one attached hydrogen (secondary N) is 1. The van der Waals surface area contributed by atoms with Gasteiger partial charge in [-0.05, 0) is 31.1 Å². The molecule has 0 radical (unpaired) electrons. The van der Waals surface area contributed by atoms with E-state index in [0.29, 0.717) is 0 Å². The van der Waals surface area contributed by atoms with Crippen LogP contribution in [0.15, 0.2) is 0 Å². The lowest BCUT2D eigenvalue weighted by atomic mass is 9.85. The first-order valence-corrected chi connectivity index (χ1v) is 9.70. The fourth-order valence-electron chi connectivity index (χ4n) is 3.05. The quantitative estimate of drug-likeness (QED) is 0.499. The van der Waals surface area contributed by atoms with Gasteiger partial charge in [0.2, 0.25) is 5.91 Å². The van der Waals surface area contributed by atoms with E-state index in [0.717, 1.165) is 25.7 Å². The van der Waals surface area contributed by atoms with Crippen molar-refractivity contribution in [3.63, 3.8) is 0 Å². The lowest BCUT2D eigenvalue weighted by Crippen LogP contribution is -2.46. The number of aliphatic hydroxyl groups excluding tert-OH is 1. The lowest BCUT2D eigenvalue weighted by Gasteiger charge is -2.30. The molecular weight excluding hydrogens is 303 g/mol. The predicted molar refractivity (Wildman–Crippen MR) is 88.0 cm³/mol.